The molecule has 3 nitrogen and oxygen atoms in total. The van der Waals surface area contributed by atoms with Crippen LogP contribution in [0.3, 0.4) is 0 Å². The van der Waals surface area contributed by atoms with E-state index in [9.17, 15) is 0 Å². The van der Waals surface area contributed by atoms with Crippen molar-refractivity contribution in [3.05, 3.63) is 16.2 Å². The molecule has 0 aliphatic heterocycles. The zero-order chi connectivity index (χ0) is 14.5. The Hall–Kier alpha value is -0.520. The Bertz CT molecular complexity index is 571. The molecule has 2 aromatic rings. The first-order valence-corrected chi connectivity index (χ1v) is 9.29. The Kier molecular flexibility index (Phi) is 5.93. The maximum Gasteiger partial charge on any atom is 0.225 e. The van der Waals surface area contributed by atoms with E-state index in [-0.39, 0.29) is 0 Å². The minimum atomic E-state index is 0.319. The van der Waals surface area contributed by atoms with Crippen molar-refractivity contribution in [2.45, 2.75) is 39.7 Å². The van der Waals surface area contributed by atoms with E-state index >= 15 is 0 Å². The zero-order valence-corrected chi connectivity index (χ0v) is 14.5. The molecule has 1 N–H and O–H groups in total. The van der Waals surface area contributed by atoms with E-state index in [1.165, 1.54) is 10.6 Å². The van der Waals surface area contributed by atoms with Crippen LogP contribution >= 0.6 is 34.7 Å². The van der Waals surface area contributed by atoms with Crippen molar-refractivity contribution < 1.29 is 0 Å². The Labute approximate surface area is 133 Å². The first-order chi connectivity index (χ1) is 9.63. The van der Waals surface area contributed by atoms with Crippen LogP contribution in [0.4, 0.5) is 5.82 Å². The number of anilines is 1. The molecule has 2 rings (SSSR count). The van der Waals surface area contributed by atoms with Crippen molar-refractivity contribution >= 4 is 50.7 Å². The predicted molar refractivity (Wildman–Crippen MR) is 92.5 cm³/mol. The summed E-state index contributed by atoms with van der Waals surface area (Å²) in [6.07, 6.45) is 2.13. The average molecular weight is 330 g/mol. The fourth-order valence-corrected chi connectivity index (χ4v) is 3.93. The van der Waals surface area contributed by atoms with E-state index in [0.29, 0.717) is 11.3 Å². The SMILES string of the molecule is CCSCCC(C)Nc1nc(Cl)nc2sc(CC)cc12. The number of halogens is 1. The molecule has 0 amide bonds. The number of nitrogens with one attached hydrogen (secondary N) is 1. The summed E-state index contributed by atoms with van der Waals surface area (Å²) in [6.45, 7) is 6.52. The van der Waals surface area contributed by atoms with Crippen molar-refractivity contribution in [3.8, 4) is 0 Å². The van der Waals surface area contributed by atoms with Crippen LogP contribution in [0.2, 0.25) is 5.28 Å². The third-order valence-electron chi connectivity index (χ3n) is 3.05. The minimum absolute atomic E-state index is 0.319. The van der Waals surface area contributed by atoms with Crippen LogP contribution in [0.15, 0.2) is 6.07 Å². The monoisotopic (exact) mass is 329 g/mol. The third-order valence-corrected chi connectivity index (χ3v) is 5.32. The highest BCUT2D eigenvalue weighted by Crippen LogP contribution is 2.30. The van der Waals surface area contributed by atoms with Gasteiger partial charge < -0.3 is 5.32 Å². The molecule has 0 saturated heterocycles. The van der Waals surface area contributed by atoms with Crippen molar-refractivity contribution in [2.24, 2.45) is 0 Å². The second-order valence-corrected chi connectivity index (χ2v) is 7.50. The van der Waals surface area contributed by atoms with Gasteiger partial charge in [0.1, 0.15) is 10.6 Å². The topological polar surface area (TPSA) is 37.8 Å². The molecular weight excluding hydrogens is 310 g/mol. The first kappa shape index (κ1) is 15.9. The van der Waals surface area contributed by atoms with Crippen molar-refractivity contribution in [2.75, 3.05) is 16.8 Å². The second-order valence-electron chi connectivity index (χ2n) is 4.66. The Morgan fingerprint density at radius 3 is 2.90 bits per heavy atom. The number of nitrogens with zero attached hydrogens (tertiary/aromatic N) is 2. The molecule has 0 aromatic carbocycles. The van der Waals surface area contributed by atoms with Gasteiger partial charge in [-0.1, -0.05) is 13.8 Å². The normalized spacial score (nSPS) is 12.8. The number of hydrogen-bond donors (Lipinski definition) is 1. The Morgan fingerprint density at radius 2 is 2.20 bits per heavy atom. The lowest BCUT2D eigenvalue weighted by Gasteiger charge is -2.14. The Morgan fingerprint density at radius 1 is 1.40 bits per heavy atom. The van der Waals surface area contributed by atoms with E-state index < -0.39 is 0 Å². The summed E-state index contributed by atoms with van der Waals surface area (Å²) in [7, 11) is 0. The summed E-state index contributed by atoms with van der Waals surface area (Å²) in [5.74, 6) is 3.20. The lowest BCUT2D eigenvalue weighted by molar-refractivity contribution is 0.767. The van der Waals surface area contributed by atoms with Crippen LogP contribution in [0.1, 0.15) is 32.1 Å². The molecule has 0 aliphatic rings. The summed E-state index contributed by atoms with van der Waals surface area (Å²) in [6, 6.07) is 2.56. The van der Waals surface area contributed by atoms with E-state index in [4.69, 9.17) is 11.6 Å². The van der Waals surface area contributed by atoms with Crippen LogP contribution < -0.4 is 5.32 Å². The van der Waals surface area contributed by atoms with Gasteiger partial charge in [0.15, 0.2) is 0 Å². The molecule has 110 valence electrons. The van der Waals surface area contributed by atoms with Crippen LogP contribution in [0.5, 0.6) is 0 Å². The van der Waals surface area contributed by atoms with Gasteiger partial charge in [-0.15, -0.1) is 11.3 Å². The molecule has 2 aromatic heterocycles. The maximum absolute atomic E-state index is 6.03. The van der Waals surface area contributed by atoms with Crippen LogP contribution in [-0.2, 0) is 6.42 Å². The number of aryl methyl sites for hydroxylation is 1. The molecule has 0 fully saturated rings. The van der Waals surface area contributed by atoms with E-state index in [1.54, 1.807) is 11.3 Å². The number of hydrogen-bond acceptors (Lipinski definition) is 5. The number of aromatic nitrogens is 2. The summed E-state index contributed by atoms with van der Waals surface area (Å²) >= 11 is 9.69. The summed E-state index contributed by atoms with van der Waals surface area (Å²) < 4.78 is 0. The molecule has 0 saturated carbocycles. The lowest BCUT2D eigenvalue weighted by Crippen LogP contribution is -2.17. The number of rotatable bonds is 7. The summed E-state index contributed by atoms with van der Waals surface area (Å²) in [4.78, 5) is 11.0. The first-order valence-electron chi connectivity index (χ1n) is 6.94. The minimum Gasteiger partial charge on any atom is -0.367 e. The zero-order valence-electron chi connectivity index (χ0n) is 12.1. The quantitative estimate of drug-likeness (QED) is 0.582. The fraction of sp³-hybridized carbons (Fsp3) is 0.571. The number of thioether (sulfide) groups is 1. The average Bonchev–Trinajstić information content (AvgIpc) is 2.82. The standard InChI is InChI=1S/C14H20ClN3S2/c1-4-10-8-11-12(16-9(3)6-7-19-5-2)17-14(15)18-13(11)20-10/h8-9H,4-7H2,1-3H3,(H,16,17,18). The van der Waals surface area contributed by atoms with Crippen LogP contribution in [0.25, 0.3) is 10.2 Å². The van der Waals surface area contributed by atoms with E-state index in [2.05, 4.69) is 42.1 Å². The van der Waals surface area contributed by atoms with E-state index in [0.717, 1.165) is 34.6 Å². The highest BCUT2D eigenvalue weighted by Gasteiger charge is 2.12. The molecule has 0 radical (unpaired) electrons. The molecule has 6 heteroatoms. The molecule has 1 atom stereocenters. The number of thiophene rings is 1. The van der Waals surface area contributed by atoms with Gasteiger partial charge in [0, 0.05) is 10.9 Å². The molecule has 20 heavy (non-hydrogen) atoms. The van der Waals surface area contributed by atoms with Gasteiger partial charge in [0.05, 0.1) is 5.39 Å². The highest BCUT2D eigenvalue weighted by atomic mass is 35.5. The van der Waals surface area contributed by atoms with Crippen molar-refractivity contribution in [3.63, 3.8) is 0 Å². The summed E-state index contributed by atoms with van der Waals surface area (Å²) in [5, 5.41) is 4.89. The predicted octanol–water partition coefficient (Wildman–Crippen LogP) is 4.85. The van der Waals surface area contributed by atoms with Gasteiger partial charge in [-0.05, 0) is 48.9 Å². The third kappa shape index (κ3) is 3.99. The second kappa shape index (κ2) is 7.48. The van der Waals surface area contributed by atoms with E-state index in [1.807, 2.05) is 11.8 Å². The molecule has 0 bridgehead atoms. The lowest BCUT2D eigenvalue weighted by atomic mass is 10.2. The van der Waals surface area contributed by atoms with Gasteiger partial charge in [-0.3, -0.25) is 0 Å². The molecule has 2 heterocycles. The smallest absolute Gasteiger partial charge is 0.225 e. The van der Waals surface area contributed by atoms with Gasteiger partial charge in [0.25, 0.3) is 0 Å². The fourth-order valence-electron chi connectivity index (χ4n) is 1.94. The molecule has 0 aliphatic carbocycles. The molecule has 1 unspecified atom stereocenters. The Balaban J connectivity index is 2.17. The maximum atomic E-state index is 6.03. The largest absolute Gasteiger partial charge is 0.367 e. The van der Waals surface area contributed by atoms with Crippen LogP contribution in [-0.4, -0.2) is 27.5 Å². The van der Waals surface area contributed by atoms with Crippen molar-refractivity contribution in [1.29, 1.82) is 0 Å². The highest BCUT2D eigenvalue weighted by molar-refractivity contribution is 7.99. The van der Waals surface area contributed by atoms with Crippen LogP contribution in [0, 0.1) is 0 Å². The van der Waals surface area contributed by atoms with Crippen molar-refractivity contribution in [1.82, 2.24) is 9.97 Å². The molecule has 0 spiro atoms. The van der Waals surface area contributed by atoms with Gasteiger partial charge in [0.2, 0.25) is 5.28 Å². The van der Waals surface area contributed by atoms with Gasteiger partial charge in [-0.25, -0.2) is 9.97 Å². The number of fused-ring (bicyclic) bond motifs is 1. The molecular formula is C14H20ClN3S2. The summed E-state index contributed by atoms with van der Waals surface area (Å²) in [5.41, 5.74) is 0. The van der Waals surface area contributed by atoms with Gasteiger partial charge >= 0.3 is 0 Å². The van der Waals surface area contributed by atoms with Gasteiger partial charge in [-0.2, -0.15) is 11.8 Å².